The molecule has 3 nitrogen and oxygen atoms in total. The number of epoxide rings is 2. The summed E-state index contributed by atoms with van der Waals surface area (Å²) in [6.07, 6.45) is 9.29. The zero-order valence-electron chi connectivity index (χ0n) is 12.4. The van der Waals surface area contributed by atoms with Crippen LogP contribution in [0.25, 0.3) is 0 Å². The minimum Gasteiger partial charge on any atom is -0.366 e. The average Bonchev–Trinajstić information content (AvgIpc) is 3.25. The maximum atomic E-state index is 6.06. The van der Waals surface area contributed by atoms with E-state index in [1.807, 2.05) is 0 Å². The van der Waals surface area contributed by atoms with E-state index < -0.39 is 0 Å². The zero-order valence-corrected chi connectivity index (χ0v) is 12.4. The summed E-state index contributed by atoms with van der Waals surface area (Å²) >= 11 is 0. The highest BCUT2D eigenvalue weighted by atomic mass is 16.8. The predicted octanol–water partition coefficient (Wildman–Crippen LogP) is 3.25. The second-order valence-electron chi connectivity index (χ2n) is 6.56. The lowest BCUT2D eigenvalue weighted by Gasteiger charge is -2.32. The van der Waals surface area contributed by atoms with Crippen LogP contribution in [0.3, 0.4) is 0 Å². The fourth-order valence-corrected chi connectivity index (χ4v) is 3.74. The van der Waals surface area contributed by atoms with Gasteiger partial charge in [0.25, 0.3) is 0 Å². The summed E-state index contributed by atoms with van der Waals surface area (Å²) in [5.74, 6) is 0.439. The van der Waals surface area contributed by atoms with Gasteiger partial charge in [-0.15, -0.1) is 0 Å². The van der Waals surface area contributed by atoms with Crippen LogP contribution in [-0.4, -0.2) is 30.7 Å². The van der Waals surface area contributed by atoms with Crippen molar-refractivity contribution < 1.29 is 14.2 Å². The van der Waals surface area contributed by atoms with E-state index in [2.05, 4.69) is 33.3 Å². The van der Waals surface area contributed by atoms with E-state index in [-0.39, 0.29) is 17.5 Å². The third-order valence-electron chi connectivity index (χ3n) is 5.02. The molecule has 0 amide bonds. The van der Waals surface area contributed by atoms with E-state index in [0.29, 0.717) is 12.0 Å². The van der Waals surface area contributed by atoms with Crippen LogP contribution in [0.1, 0.15) is 46.5 Å². The highest BCUT2D eigenvalue weighted by molar-refractivity contribution is 5.20. The molecule has 1 aliphatic carbocycles. The van der Waals surface area contributed by atoms with Crippen molar-refractivity contribution in [3.05, 3.63) is 18.1 Å². The Morgan fingerprint density at radius 3 is 2.84 bits per heavy atom. The van der Waals surface area contributed by atoms with E-state index in [0.717, 1.165) is 25.7 Å². The summed E-state index contributed by atoms with van der Waals surface area (Å²) in [5, 5.41) is 0. The van der Waals surface area contributed by atoms with Gasteiger partial charge in [0.2, 0.25) is 0 Å². The molecule has 3 heteroatoms. The molecule has 5 atom stereocenters. The Balaban J connectivity index is 1.70. The molecule has 2 saturated heterocycles. The first-order valence-corrected chi connectivity index (χ1v) is 7.36. The maximum absolute atomic E-state index is 6.06. The molecule has 1 saturated carbocycles. The van der Waals surface area contributed by atoms with E-state index in [1.165, 1.54) is 5.57 Å². The number of allylic oxidation sites excluding steroid dienone is 1. The lowest BCUT2D eigenvalue weighted by atomic mass is 9.70. The van der Waals surface area contributed by atoms with Crippen molar-refractivity contribution in [1.29, 1.82) is 0 Å². The first-order chi connectivity index (χ1) is 9.03. The fraction of sp³-hybridized carbons (Fsp3) is 0.812. The van der Waals surface area contributed by atoms with E-state index >= 15 is 0 Å². The quantitative estimate of drug-likeness (QED) is 0.578. The molecule has 0 N–H and O–H groups in total. The van der Waals surface area contributed by atoms with Gasteiger partial charge in [0.1, 0.15) is 5.60 Å². The molecule has 1 radical (unpaired) electrons. The standard InChI is InChI=1S/C16H25O3/c1-11(2)8-9-13-15(3,18-13)12-7-5-6-10-16(12)14(17-4)19-16/h5,8,12-14H,6-7,9-10H2,1-4H3/t12?,13-,14?,15-,16?/m1/s1. The van der Waals surface area contributed by atoms with Gasteiger partial charge in [-0.3, -0.25) is 0 Å². The molecule has 0 aromatic carbocycles. The molecule has 3 rings (SSSR count). The van der Waals surface area contributed by atoms with Crippen LogP contribution < -0.4 is 0 Å². The zero-order chi connectivity index (χ0) is 13.7. The van der Waals surface area contributed by atoms with E-state index in [9.17, 15) is 0 Å². The van der Waals surface area contributed by atoms with Crippen molar-refractivity contribution in [3.8, 4) is 0 Å². The highest BCUT2D eigenvalue weighted by Gasteiger charge is 2.72. The van der Waals surface area contributed by atoms with Gasteiger partial charge < -0.3 is 14.2 Å². The van der Waals surface area contributed by atoms with Gasteiger partial charge in [0.15, 0.2) is 6.29 Å². The van der Waals surface area contributed by atoms with Crippen LogP contribution >= 0.6 is 0 Å². The largest absolute Gasteiger partial charge is 0.366 e. The Morgan fingerprint density at radius 1 is 1.42 bits per heavy atom. The van der Waals surface area contributed by atoms with Gasteiger partial charge >= 0.3 is 0 Å². The van der Waals surface area contributed by atoms with E-state index in [1.54, 1.807) is 7.11 Å². The first kappa shape index (κ1) is 13.6. The van der Waals surface area contributed by atoms with Crippen molar-refractivity contribution in [2.75, 3.05) is 7.11 Å². The summed E-state index contributed by atoms with van der Waals surface area (Å²) in [6.45, 7) is 6.53. The van der Waals surface area contributed by atoms with Gasteiger partial charge in [0, 0.05) is 13.0 Å². The summed E-state index contributed by atoms with van der Waals surface area (Å²) in [4.78, 5) is 0. The molecule has 1 spiro atoms. The highest BCUT2D eigenvalue weighted by Crippen LogP contribution is 2.61. The fourth-order valence-electron chi connectivity index (χ4n) is 3.74. The Kier molecular flexibility index (Phi) is 3.27. The third-order valence-corrected chi connectivity index (χ3v) is 5.02. The molecule has 3 fully saturated rings. The molecule has 3 aliphatic rings. The lowest BCUT2D eigenvalue weighted by molar-refractivity contribution is 0.0947. The lowest BCUT2D eigenvalue weighted by Crippen LogP contribution is -2.41. The molecule has 2 aliphatic heterocycles. The first-order valence-electron chi connectivity index (χ1n) is 7.36. The smallest absolute Gasteiger partial charge is 0.187 e. The summed E-state index contributed by atoms with van der Waals surface area (Å²) < 4.78 is 17.4. The SMILES string of the molecule is COC1OC12CC[CH]CC2[C@@]1(C)O[C@@H]1CC=C(C)C. The van der Waals surface area contributed by atoms with Gasteiger partial charge in [-0.2, -0.15) is 0 Å². The Labute approximate surface area is 116 Å². The summed E-state index contributed by atoms with van der Waals surface area (Å²) in [7, 11) is 1.74. The number of hydrogen-bond donors (Lipinski definition) is 0. The average molecular weight is 265 g/mol. The van der Waals surface area contributed by atoms with Gasteiger partial charge in [0.05, 0.1) is 11.7 Å². The van der Waals surface area contributed by atoms with Crippen molar-refractivity contribution in [3.63, 3.8) is 0 Å². The number of hydrogen-bond acceptors (Lipinski definition) is 3. The van der Waals surface area contributed by atoms with E-state index in [4.69, 9.17) is 14.2 Å². The van der Waals surface area contributed by atoms with Crippen molar-refractivity contribution in [2.45, 2.75) is 70.1 Å². The monoisotopic (exact) mass is 265 g/mol. The molecule has 19 heavy (non-hydrogen) atoms. The summed E-state index contributed by atoms with van der Waals surface area (Å²) in [6, 6.07) is 0. The predicted molar refractivity (Wildman–Crippen MR) is 73.6 cm³/mol. The molecular formula is C16H25O3. The number of ether oxygens (including phenoxy) is 3. The van der Waals surface area contributed by atoms with Crippen molar-refractivity contribution >= 4 is 0 Å². The van der Waals surface area contributed by atoms with Gasteiger partial charge in [-0.25, -0.2) is 0 Å². The summed E-state index contributed by atoms with van der Waals surface area (Å²) in [5.41, 5.74) is 1.26. The topological polar surface area (TPSA) is 34.3 Å². The normalized spacial score (nSPS) is 48.1. The van der Waals surface area contributed by atoms with Crippen LogP contribution in [0.4, 0.5) is 0 Å². The molecule has 2 heterocycles. The Hall–Kier alpha value is -0.380. The third kappa shape index (κ3) is 2.16. The molecule has 0 aromatic heterocycles. The minimum atomic E-state index is -0.0715. The van der Waals surface area contributed by atoms with Crippen LogP contribution in [0, 0.1) is 12.3 Å². The van der Waals surface area contributed by atoms with Gasteiger partial charge in [-0.1, -0.05) is 11.6 Å². The molecule has 107 valence electrons. The van der Waals surface area contributed by atoms with Crippen molar-refractivity contribution in [2.24, 2.45) is 5.92 Å². The Bertz CT molecular complexity index is 387. The minimum absolute atomic E-state index is 0.0173. The van der Waals surface area contributed by atoms with Crippen LogP contribution in [0.5, 0.6) is 0 Å². The molecule has 0 aromatic rings. The van der Waals surface area contributed by atoms with Crippen LogP contribution in [0.15, 0.2) is 11.6 Å². The van der Waals surface area contributed by atoms with Gasteiger partial charge in [-0.05, 0) is 52.9 Å². The number of rotatable bonds is 4. The molecule has 0 bridgehead atoms. The van der Waals surface area contributed by atoms with Crippen LogP contribution in [0.2, 0.25) is 0 Å². The van der Waals surface area contributed by atoms with Crippen molar-refractivity contribution in [1.82, 2.24) is 0 Å². The molecule has 3 unspecified atom stereocenters. The second-order valence-corrected chi connectivity index (χ2v) is 6.56. The number of methoxy groups -OCH3 is 1. The second kappa shape index (κ2) is 4.57. The Morgan fingerprint density at radius 2 is 2.21 bits per heavy atom. The van der Waals surface area contributed by atoms with Crippen LogP contribution in [-0.2, 0) is 14.2 Å². The maximum Gasteiger partial charge on any atom is 0.187 e. The molecular weight excluding hydrogens is 240 g/mol.